The summed E-state index contributed by atoms with van der Waals surface area (Å²) >= 11 is 0. The number of ketones is 1. The third kappa shape index (κ3) is 3.74. The van der Waals surface area contributed by atoms with Crippen LogP contribution in [0.2, 0.25) is 0 Å². The van der Waals surface area contributed by atoms with Crippen molar-refractivity contribution < 1.29 is 19.4 Å². The van der Waals surface area contributed by atoms with E-state index in [1.165, 1.54) is 12.0 Å². The highest BCUT2D eigenvalue weighted by molar-refractivity contribution is 6.51. The fraction of sp³-hybridized carbons (Fsp3) is 0.148. The summed E-state index contributed by atoms with van der Waals surface area (Å²) in [6.45, 7) is 3.76. The number of nitrogens with zero attached hydrogens (tertiary/aromatic N) is 2. The molecule has 3 aromatic rings. The van der Waals surface area contributed by atoms with Gasteiger partial charge in [0, 0.05) is 5.69 Å². The highest BCUT2D eigenvalue weighted by Crippen LogP contribution is 2.44. The Hall–Kier alpha value is -4.37. The van der Waals surface area contributed by atoms with Crippen LogP contribution < -0.4 is 9.64 Å². The van der Waals surface area contributed by atoms with E-state index in [-0.39, 0.29) is 11.3 Å². The lowest BCUT2D eigenvalue weighted by Gasteiger charge is -2.26. The van der Waals surface area contributed by atoms with Gasteiger partial charge in [0.1, 0.15) is 11.5 Å². The molecule has 1 aliphatic heterocycles. The zero-order valence-electron chi connectivity index (χ0n) is 18.5. The molecule has 1 heterocycles. The molecule has 1 N–H and O–H groups in total. The van der Waals surface area contributed by atoms with Crippen molar-refractivity contribution in [3.05, 3.63) is 100 Å². The number of aryl methyl sites for hydroxylation is 2. The Morgan fingerprint density at radius 1 is 1.03 bits per heavy atom. The van der Waals surface area contributed by atoms with Crippen molar-refractivity contribution in [1.29, 1.82) is 5.26 Å². The SMILES string of the molecule is COc1ccc(C)cc1/C(O)=C1\C(=O)C(=O)N(c2ccc(C#N)cc2)C1c1ccccc1C. The Morgan fingerprint density at radius 3 is 2.36 bits per heavy atom. The number of carbonyl (C=O) groups is 2. The lowest BCUT2D eigenvalue weighted by molar-refractivity contribution is -0.132. The van der Waals surface area contributed by atoms with E-state index in [1.54, 1.807) is 36.4 Å². The third-order valence-electron chi connectivity index (χ3n) is 5.81. The quantitative estimate of drug-likeness (QED) is 0.359. The molecule has 1 aliphatic rings. The number of nitriles is 1. The number of amides is 1. The molecule has 1 saturated heterocycles. The first-order valence-electron chi connectivity index (χ1n) is 10.4. The van der Waals surface area contributed by atoms with Crippen LogP contribution in [0, 0.1) is 25.2 Å². The van der Waals surface area contributed by atoms with E-state index in [1.807, 2.05) is 50.2 Å². The number of hydrogen-bond donors (Lipinski definition) is 1. The molecule has 1 unspecified atom stereocenters. The maximum absolute atomic E-state index is 13.3. The number of Topliss-reactive ketones (excluding diaryl/α,β-unsaturated/α-hetero) is 1. The molecular formula is C27H22N2O4. The molecule has 1 atom stereocenters. The monoisotopic (exact) mass is 438 g/mol. The average molecular weight is 438 g/mol. The zero-order chi connectivity index (χ0) is 23.7. The first-order chi connectivity index (χ1) is 15.9. The molecule has 0 saturated carbocycles. The first kappa shape index (κ1) is 21.8. The highest BCUT2D eigenvalue weighted by atomic mass is 16.5. The van der Waals surface area contributed by atoms with Crippen LogP contribution in [-0.4, -0.2) is 23.9 Å². The largest absolute Gasteiger partial charge is 0.507 e. The van der Waals surface area contributed by atoms with E-state index in [0.29, 0.717) is 28.1 Å². The number of carbonyl (C=O) groups excluding carboxylic acids is 2. The number of ether oxygens (including phenoxy) is 1. The van der Waals surface area contributed by atoms with Gasteiger partial charge in [-0.2, -0.15) is 5.26 Å². The Labute approximate surface area is 192 Å². The van der Waals surface area contributed by atoms with E-state index in [4.69, 9.17) is 10.00 Å². The molecule has 1 amide bonds. The van der Waals surface area contributed by atoms with Gasteiger partial charge in [-0.25, -0.2) is 0 Å². The minimum Gasteiger partial charge on any atom is -0.507 e. The Bertz CT molecular complexity index is 1330. The molecule has 0 bridgehead atoms. The number of anilines is 1. The van der Waals surface area contributed by atoms with E-state index >= 15 is 0 Å². The molecule has 6 heteroatoms. The topological polar surface area (TPSA) is 90.6 Å². The van der Waals surface area contributed by atoms with Crippen LogP contribution in [0.4, 0.5) is 5.69 Å². The van der Waals surface area contributed by atoms with Crippen LogP contribution in [-0.2, 0) is 9.59 Å². The molecule has 0 aromatic heterocycles. The van der Waals surface area contributed by atoms with Crippen LogP contribution in [0.5, 0.6) is 5.75 Å². The van der Waals surface area contributed by atoms with Crippen molar-refractivity contribution in [3.63, 3.8) is 0 Å². The fourth-order valence-electron chi connectivity index (χ4n) is 4.14. The molecule has 33 heavy (non-hydrogen) atoms. The van der Waals surface area contributed by atoms with Crippen molar-refractivity contribution in [2.45, 2.75) is 19.9 Å². The molecule has 3 aromatic carbocycles. The predicted molar refractivity (Wildman–Crippen MR) is 125 cm³/mol. The van der Waals surface area contributed by atoms with Gasteiger partial charge >= 0.3 is 0 Å². The highest BCUT2D eigenvalue weighted by Gasteiger charge is 2.47. The zero-order valence-corrected chi connectivity index (χ0v) is 18.5. The molecule has 4 rings (SSSR count). The lowest BCUT2D eigenvalue weighted by atomic mass is 9.92. The van der Waals surface area contributed by atoms with E-state index in [2.05, 4.69) is 0 Å². The minimum atomic E-state index is -0.843. The summed E-state index contributed by atoms with van der Waals surface area (Å²) in [5.74, 6) is -1.43. The number of rotatable bonds is 4. The fourth-order valence-corrected chi connectivity index (χ4v) is 4.14. The van der Waals surface area contributed by atoms with Crippen LogP contribution in [0.15, 0.2) is 72.3 Å². The average Bonchev–Trinajstić information content (AvgIpc) is 3.09. The van der Waals surface area contributed by atoms with Crippen LogP contribution in [0.1, 0.15) is 33.9 Å². The van der Waals surface area contributed by atoms with Crippen molar-refractivity contribution in [3.8, 4) is 11.8 Å². The molecule has 1 fully saturated rings. The van der Waals surface area contributed by atoms with Crippen molar-refractivity contribution in [2.24, 2.45) is 0 Å². The van der Waals surface area contributed by atoms with Crippen molar-refractivity contribution in [2.75, 3.05) is 12.0 Å². The summed E-state index contributed by atoms with van der Waals surface area (Å²) in [6.07, 6.45) is 0. The first-order valence-corrected chi connectivity index (χ1v) is 10.4. The van der Waals surface area contributed by atoms with Crippen molar-refractivity contribution in [1.82, 2.24) is 0 Å². The number of aliphatic hydroxyl groups is 1. The van der Waals surface area contributed by atoms with Gasteiger partial charge < -0.3 is 9.84 Å². The predicted octanol–water partition coefficient (Wildman–Crippen LogP) is 4.81. The third-order valence-corrected chi connectivity index (χ3v) is 5.81. The summed E-state index contributed by atoms with van der Waals surface area (Å²) in [5.41, 5.74) is 3.67. The summed E-state index contributed by atoms with van der Waals surface area (Å²) in [5, 5.41) is 20.5. The van der Waals surface area contributed by atoms with Crippen molar-refractivity contribution >= 4 is 23.1 Å². The van der Waals surface area contributed by atoms with Gasteiger partial charge in [-0.1, -0.05) is 35.9 Å². The molecule has 0 spiro atoms. The minimum absolute atomic E-state index is 0.0115. The second-order valence-electron chi connectivity index (χ2n) is 7.89. The Balaban J connectivity index is 2.00. The van der Waals surface area contributed by atoms with Crippen LogP contribution >= 0.6 is 0 Å². The standard InChI is InChI=1S/C27H22N2O4/c1-16-8-13-22(33-3)21(14-16)25(30)23-24(20-7-5-4-6-17(20)2)29(27(32)26(23)31)19-11-9-18(15-28)10-12-19/h4-14,24,30H,1-3H3/b25-23+. The van der Waals surface area contributed by atoms with Crippen LogP contribution in [0.25, 0.3) is 5.76 Å². The van der Waals surface area contributed by atoms with Gasteiger partial charge in [0.2, 0.25) is 0 Å². The number of benzene rings is 3. The molecular weight excluding hydrogens is 416 g/mol. The molecule has 164 valence electrons. The van der Waals surface area contributed by atoms with Gasteiger partial charge in [-0.15, -0.1) is 0 Å². The second kappa shape index (κ2) is 8.64. The lowest BCUT2D eigenvalue weighted by Crippen LogP contribution is -2.29. The summed E-state index contributed by atoms with van der Waals surface area (Å²) < 4.78 is 5.41. The number of aliphatic hydroxyl groups excluding tert-OH is 1. The van der Waals surface area contributed by atoms with Gasteiger partial charge in [0.25, 0.3) is 11.7 Å². The van der Waals surface area contributed by atoms with E-state index in [0.717, 1.165) is 11.1 Å². The summed E-state index contributed by atoms with van der Waals surface area (Å²) in [6, 6.07) is 20.3. The Morgan fingerprint density at radius 2 is 1.73 bits per heavy atom. The van der Waals surface area contributed by atoms with Crippen LogP contribution in [0.3, 0.4) is 0 Å². The van der Waals surface area contributed by atoms with E-state index < -0.39 is 17.7 Å². The summed E-state index contributed by atoms with van der Waals surface area (Å²) in [7, 11) is 1.48. The Kier molecular flexibility index (Phi) is 5.72. The second-order valence-corrected chi connectivity index (χ2v) is 7.89. The normalized spacial score (nSPS) is 17.2. The number of methoxy groups -OCH3 is 1. The maximum Gasteiger partial charge on any atom is 0.300 e. The molecule has 6 nitrogen and oxygen atoms in total. The molecule has 0 aliphatic carbocycles. The van der Waals surface area contributed by atoms with Gasteiger partial charge in [-0.05, 0) is 61.4 Å². The molecule has 0 radical (unpaired) electrons. The van der Waals surface area contributed by atoms with Gasteiger partial charge in [0.05, 0.1) is 35.9 Å². The van der Waals surface area contributed by atoms with Gasteiger partial charge in [-0.3, -0.25) is 14.5 Å². The maximum atomic E-state index is 13.3. The smallest absolute Gasteiger partial charge is 0.300 e. The summed E-state index contributed by atoms with van der Waals surface area (Å²) in [4.78, 5) is 27.9. The van der Waals surface area contributed by atoms with Gasteiger partial charge in [0.15, 0.2) is 0 Å². The van der Waals surface area contributed by atoms with E-state index in [9.17, 15) is 14.7 Å². The number of hydrogen-bond acceptors (Lipinski definition) is 5.